The number of pyridine rings is 1. The van der Waals surface area contributed by atoms with Gasteiger partial charge in [-0.05, 0) is 45.0 Å². The van der Waals surface area contributed by atoms with E-state index in [1.807, 2.05) is 51.2 Å². The Bertz CT molecular complexity index is 1680. The SMILES string of the molecule is COc1cc2c(cc1-c1c(C)noc1C)[nH]c1nc(C)nc(-c3cnc4ccccc4c3)c12. The minimum Gasteiger partial charge on any atom is -0.496 e. The number of nitrogens with one attached hydrogen (secondary N) is 1. The van der Waals surface area contributed by atoms with Crippen LogP contribution in [-0.4, -0.2) is 32.2 Å². The van der Waals surface area contributed by atoms with Crippen LogP contribution in [0.25, 0.3) is 55.2 Å². The molecule has 4 aromatic heterocycles. The number of fused-ring (bicyclic) bond motifs is 4. The number of hydrogen-bond donors (Lipinski definition) is 1. The maximum Gasteiger partial charge on any atom is 0.142 e. The van der Waals surface area contributed by atoms with Crippen molar-refractivity contribution < 1.29 is 9.26 Å². The highest BCUT2D eigenvalue weighted by molar-refractivity contribution is 6.13. The first-order valence-corrected chi connectivity index (χ1v) is 10.7. The summed E-state index contributed by atoms with van der Waals surface area (Å²) < 4.78 is 11.2. The molecule has 0 bridgehead atoms. The Morgan fingerprint density at radius 3 is 2.64 bits per heavy atom. The van der Waals surface area contributed by atoms with Crippen molar-refractivity contribution in [2.45, 2.75) is 20.8 Å². The lowest BCUT2D eigenvalue weighted by molar-refractivity contribution is 0.393. The zero-order valence-corrected chi connectivity index (χ0v) is 18.7. The average molecular weight is 435 g/mol. The fourth-order valence-electron chi connectivity index (χ4n) is 4.58. The van der Waals surface area contributed by atoms with Crippen LogP contribution in [0.2, 0.25) is 0 Å². The van der Waals surface area contributed by atoms with E-state index in [2.05, 4.69) is 38.3 Å². The van der Waals surface area contributed by atoms with Crippen LogP contribution < -0.4 is 4.74 Å². The lowest BCUT2D eigenvalue weighted by Crippen LogP contribution is -1.94. The monoisotopic (exact) mass is 435 g/mol. The van der Waals surface area contributed by atoms with E-state index >= 15 is 0 Å². The van der Waals surface area contributed by atoms with Crippen LogP contribution in [-0.2, 0) is 0 Å². The molecule has 162 valence electrons. The van der Waals surface area contributed by atoms with E-state index in [1.54, 1.807) is 7.11 Å². The van der Waals surface area contributed by atoms with Gasteiger partial charge in [0.15, 0.2) is 0 Å². The summed E-state index contributed by atoms with van der Waals surface area (Å²) in [6.07, 6.45) is 1.87. The van der Waals surface area contributed by atoms with E-state index in [1.165, 1.54) is 0 Å². The summed E-state index contributed by atoms with van der Waals surface area (Å²) in [7, 11) is 1.67. The van der Waals surface area contributed by atoms with E-state index < -0.39 is 0 Å². The van der Waals surface area contributed by atoms with Gasteiger partial charge in [-0.1, -0.05) is 23.4 Å². The summed E-state index contributed by atoms with van der Waals surface area (Å²) in [5, 5.41) is 7.11. The molecule has 0 spiro atoms. The van der Waals surface area contributed by atoms with Crippen LogP contribution in [0.1, 0.15) is 17.3 Å². The molecule has 33 heavy (non-hydrogen) atoms. The number of benzene rings is 2. The topological polar surface area (TPSA) is 89.7 Å². The number of H-pyrrole nitrogens is 1. The van der Waals surface area contributed by atoms with Crippen LogP contribution in [0.5, 0.6) is 5.75 Å². The van der Waals surface area contributed by atoms with Crippen LogP contribution >= 0.6 is 0 Å². The quantitative estimate of drug-likeness (QED) is 0.371. The molecule has 7 nitrogen and oxygen atoms in total. The number of ether oxygens (including phenoxy) is 1. The molecule has 1 N–H and O–H groups in total. The highest BCUT2D eigenvalue weighted by Gasteiger charge is 2.21. The number of aryl methyl sites for hydroxylation is 3. The second-order valence-corrected chi connectivity index (χ2v) is 8.18. The number of rotatable bonds is 3. The highest BCUT2D eigenvalue weighted by Crippen LogP contribution is 2.41. The van der Waals surface area contributed by atoms with Gasteiger partial charge in [-0.25, -0.2) is 9.97 Å². The molecule has 0 fully saturated rings. The molecule has 6 rings (SSSR count). The van der Waals surface area contributed by atoms with E-state index in [9.17, 15) is 0 Å². The number of nitrogens with zero attached hydrogens (tertiary/aromatic N) is 4. The van der Waals surface area contributed by atoms with Crippen molar-refractivity contribution in [3.63, 3.8) is 0 Å². The van der Waals surface area contributed by atoms with Crippen LogP contribution in [0.4, 0.5) is 0 Å². The molecule has 2 aromatic carbocycles. The summed E-state index contributed by atoms with van der Waals surface area (Å²) >= 11 is 0. The molecule has 0 saturated carbocycles. The van der Waals surface area contributed by atoms with Gasteiger partial charge in [0.2, 0.25) is 0 Å². The third kappa shape index (κ3) is 2.96. The van der Waals surface area contributed by atoms with Gasteiger partial charge in [-0.3, -0.25) is 4.98 Å². The predicted molar refractivity (Wildman–Crippen MR) is 128 cm³/mol. The Morgan fingerprint density at radius 2 is 1.85 bits per heavy atom. The fraction of sp³-hybridized carbons (Fsp3) is 0.154. The molecule has 6 aromatic rings. The van der Waals surface area contributed by atoms with Gasteiger partial charge in [-0.15, -0.1) is 0 Å². The third-order valence-electron chi connectivity index (χ3n) is 6.05. The molecule has 7 heteroatoms. The molecular weight excluding hydrogens is 414 g/mol. The molecule has 0 unspecified atom stereocenters. The number of methoxy groups -OCH3 is 1. The second kappa shape index (κ2) is 7.13. The van der Waals surface area contributed by atoms with Crippen molar-refractivity contribution in [1.82, 2.24) is 25.1 Å². The minimum atomic E-state index is 0.690. The molecule has 0 atom stereocenters. The van der Waals surface area contributed by atoms with Crippen molar-refractivity contribution in [2.24, 2.45) is 0 Å². The standard InChI is InChI=1S/C26H21N5O2/c1-13-23(14(2)33-31-13)19-10-21-18(11-22(19)32-4)24-25(28-15(3)29-26(24)30-21)17-9-16-7-5-6-8-20(16)27-12-17/h5-12H,1-4H3,(H,28,29,30). The molecule has 0 aliphatic rings. The van der Waals surface area contributed by atoms with Crippen LogP contribution in [0.3, 0.4) is 0 Å². The van der Waals surface area contributed by atoms with E-state index in [4.69, 9.17) is 14.2 Å². The Kier molecular flexibility index (Phi) is 4.20. The first-order chi connectivity index (χ1) is 16.0. The molecule has 0 amide bonds. The van der Waals surface area contributed by atoms with Gasteiger partial charge in [0.05, 0.1) is 35.0 Å². The largest absolute Gasteiger partial charge is 0.496 e. The van der Waals surface area contributed by atoms with E-state index in [0.717, 1.165) is 72.4 Å². The Hall–Kier alpha value is -4.26. The maximum absolute atomic E-state index is 5.80. The van der Waals surface area contributed by atoms with Crippen molar-refractivity contribution in [1.29, 1.82) is 0 Å². The zero-order valence-electron chi connectivity index (χ0n) is 18.7. The summed E-state index contributed by atoms with van der Waals surface area (Å²) in [6.45, 7) is 5.74. The minimum absolute atomic E-state index is 0.690. The Morgan fingerprint density at radius 1 is 1.00 bits per heavy atom. The van der Waals surface area contributed by atoms with Crippen molar-refractivity contribution in [3.8, 4) is 28.1 Å². The number of hydrogen-bond acceptors (Lipinski definition) is 6. The maximum atomic E-state index is 5.80. The summed E-state index contributed by atoms with van der Waals surface area (Å²) in [5.41, 5.74) is 7.13. The number of para-hydroxylation sites is 1. The lowest BCUT2D eigenvalue weighted by atomic mass is 9.99. The first kappa shape index (κ1) is 19.4. The Balaban J connectivity index is 1.67. The Labute approximate surface area is 189 Å². The predicted octanol–water partition coefficient (Wildman–Crippen LogP) is 5.92. The number of aromatic amines is 1. The smallest absolute Gasteiger partial charge is 0.142 e. The van der Waals surface area contributed by atoms with Gasteiger partial charge in [0.1, 0.15) is 23.0 Å². The highest BCUT2D eigenvalue weighted by atomic mass is 16.5. The summed E-state index contributed by atoms with van der Waals surface area (Å²) in [6, 6.07) is 14.3. The average Bonchev–Trinajstić information content (AvgIpc) is 3.35. The first-order valence-electron chi connectivity index (χ1n) is 10.7. The summed E-state index contributed by atoms with van der Waals surface area (Å²) in [4.78, 5) is 17.6. The van der Waals surface area contributed by atoms with Crippen molar-refractivity contribution >= 4 is 32.8 Å². The molecule has 0 radical (unpaired) electrons. The molecular formula is C26H21N5O2. The van der Waals surface area contributed by atoms with E-state index in [-0.39, 0.29) is 0 Å². The zero-order chi connectivity index (χ0) is 22.7. The van der Waals surface area contributed by atoms with Crippen molar-refractivity contribution in [2.75, 3.05) is 7.11 Å². The number of aromatic nitrogens is 5. The third-order valence-corrected chi connectivity index (χ3v) is 6.05. The van der Waals surface area contributed by atoms with Gasteiger partial charge >= 0.3 is 0 Å². The second-order valence-electron chi connectivity index (χ2n) is 8.18. The van der Waals surface area contributed by atoms with Gasteiger partial charge in [0.25, 0.3) is 0 Å². The van der Waals surface area contributed by atoms with Gasteiger partial charge in [0, 0.05) is 33.6 Å². The normalized spacial score (nSPS) is 11.6. The molecule has 4 heterocycles. The molecule has 0 aliphatic carbocycles. The van der Waals surface area contributed by atoms with Crippen LogP contribution in [0, 0.1) is 20.8 Å². The van der Waals surface area contributed by atoms with Crippen LogP contribution in [0.15, 0.2) is 53.2 Å². The van der Waals surface area contributed by atoms with Crippen molar-refractivity contribution in [3.05, 3.63) is 65.9 Å². The van der Waals surface area contributed by atoms with Gasteiger partial charge in [-0.2, -0.15) is 0 Å². The summed E-state index contributed by atoms with van der Waals surface area (Å²) in [5.74, 6) is 2.18. The van der Waals surface area contributed by atoms with E-state index in [0.29, 0.717) is 5.82 Å². The lowest BCUT2D eigenvalue weighted by Gasteiger charge is -2.10. The molecule has 0 saturated heterocycles. The van der Waals surface area contributed by atoms with Gasteiger partial charge < -0.3 is 14.2 Å². The fourth-order valence-corrected chi connectivity index (χ4v) is 4.58. The molecule has 0 aliphatic heterocycles.